The quantitative estimate of drug-likeness (QED) is 0.633. The van der Waals surface area contributed by atoms with Crippen molar-refractivity contribution < 1.29 is 0 Å². The number of nitrogens with one attached hydrogen (secondary N) is 1. The van der Waals surface area contributed by atoms with E-state index in [4.69, 9.17) is 0 Å². The van der Waals surface area contributed by atoms with Gasteiger partial charge in [-0.2, -0.15) is 0 Å². The SMILES string of the molecule is C=C(C)CNCCc1ccc(Br)s1. The van der Waals surface area contributed by atoms with E-state index in [9.17, 15) is 0 Å². The Balaban J connectivity index is 2.16. The standard InChI is InChI=1S/C10H14BrNS/c1-8(2)7-12-6-5-9-3-4-10(11)13-9/h3-4,12H,1,5-7H2,2H3. The first-order valence-electron chi connectivity index (χ1n) is 4.28. The minimum atomic E-state index is 0.923. The first-order chi connectivity index (χ1) is 6.18. The summed E-state index contributed by atoms with van der Waals surface area (Å²) in [6, 6.07) is 4.26. The molecule has 0 bridgehead atoms. The van der Waals surface area contributed by atoms with Gasteiger partial charge in [0.05, 0.1) is 3.79 Å². The Bertz CT molecular complexity index is 280. The van der Waals surface area contributed by atoms with Crippen LogP contribution < -0.4 is 5.32 Å². The van der Waals surface area contributed by atoms with Crippen LogP contribution in [0.25, 0.3) is 0 Å². The summed E-state index contributed by atoms with van der Waals surface area (Å²) in [6.07, 6.45) is 1.10. The maximum absolute atomic E-state index is 3.84. The third kappa shape index (κ3) is 4.60. The number of hydrogen-bond donors (Lipinski definition) is 1. The summed E-state index contributed by atoms with van der Waals surface area (Å²) in [5, 5.41) is 3.33. The summed E-state index contributed by atoms with van der Waals surface area (Å²) in [5.41, 5.74) is 1.19. The number of halogens is 1. The smallest absolute Gasteiger partial charge is 0.0701 e. The maximum atomic E-state index is 3.84. The lowest BCUT2D eigenvalue weighted by Crippen LogP contribution is -2.18. The molecule has 1 rings (SSSR count). The Morgan fingerprint density at radius 2 is 2.38 bits per heavy atom. The predicted octanol–water partition coefficient (Wildman–Crippen LogP) is 3.22. The van der Waals surface area contributed by atoms with Gasteiger partial charge in [-0.25, -0.2) is 0 Å². The Hall–Kier alpha value is -0.120. The van der Waals surface area contributed by atoms with E-state index in [-0.39, 0.29) is 0 Å². The third-order valence-corrected chi connectivity index (χ3v) is 3.29. The molecule has 0 aliphatic carbocycles. The van der Waals surface area contributed by atoms with E-state index in [2.05, 4.69) is 40.0 Å². The fourth-order valence-corrected chi connectivity index (χ4v) is 2.48. The summed E-state index contributed by atoms with van der Waals surface area (Å²) in [4.78, 5) is 1.42. The second kappa shape index (κ2) is 5.58. The molecule has 0 aliphatic heterocycles. The Morgan fingerprint density at radius 3 is 2.92 bits per heavy atom. The molecule has 13 heavy (non-hydrogen) atoms. The molecule has 0 aromatic carbocycles. The second-order valence-electron chi connectivity index (χ2n) is 3.09. The molecule has 0 fully saturated rings. The van der Waals surface area contributed by atoms with Crippen LogP contribution in [0, 0.1) is 0 Å². The van der Waals surface area contributed by atoms with Crippen molar-refractivity contribution in [2.24, 2.45) is 0 Å². The van der Waals surface area contributed by atoms with Gasteiger partial charge in [0, 0.05) is 18.0 Å². The molecule has 1 nitrogen and oxygen atoms in total. The Morgan fingerprint density at radius 1 is 1.62 bits per heavy atom. The average Bonchev–Trinajstić information content (AvgIpc) is 2.45. The van der Waals surface area contributed by atoms with Crippen molar-refractivity contribution in [2.75, 3.05) is 13.1 Å². The van der Waals surface area contributed by atoms with Crippen LogP contribution in [0.3, 0.4) is 0 Å². The third-order valence-electron chi connectivity index (χ3n) is 1.60. The van der Waals surface area contributed by atoms with Gasteiger partial charge < -0.3 is 5.32 Å². The second-order valence-corrected chi connectivity index (χ2v) is 5.64. The van der Waals surface area contributed by atoms with Crippen LogP contribution in [0.1, 0.15) is 11.8 Å². The van der Waals surface area contributed by atoms with Crippen LogP contribution in [-0.2, 0) is 6.42 Å². The van der Waals surface area contributed by atoms with Gasteiger partial charge in [-0.15, -0.1) is 11.3 Å². The molecule has 0 saturated heterocycles. The fourth-order valence-electron chi connectivity index (χ4n) is 0.999. The van der Waals surface area contributed by atoms with Crippen LogP contribution in [0.4, 0.5) is 0 Å². The monoisotopic (exact) mass is 259 g/mol. The normalized spacial score (nSPS) is 10.3. The zero-order valence-electron chi connectivity index (χ0n) is 7.77. The van der Waals surface area contributed by atoms with E-state index in [0.717, 1.165) is 19.5 Å². The van der Waals surface area contributed by atoms with E-state index in [1.165, 1.54) is 14.2 Å². The van der Waals surface area contributed by atoms with Gasteiger partial charge in [0.25, 0.3) is 0 Å². The van der Waals surface area contributed by atoms with Gasteiger partial charge in [0.2, 0.25) is 0 Å². The van der Waals surface area contributed by atoms with Crippen molar-refractivity contribution in [2.45, 2.75) is 13.3 Å². The molecule has 0 spiro atoms. The molecule has 1 aromatic rings. The molecular weight excluding hydrogens is 246 g/mol. The van der Waals surface area contributed by atoms with Crippen LogP contribution >= 0.6 is 27.3 Å². The van der Waals surface area contributed by atoms with Crippen LogP contribution in [0.5, 0.6) is 0 Å². The highest BCUT2D eigenvalue weighted by molar-refractivity contribution is 9.11. The van der Waals surface area contributed by atoms with E-state index < -0.39 is 0 Å². The van der Waals surface area contributed by atoms with Gasteiger partial charge in [-0.1, -0.05) is 12.2 Å². The van der Waals surface area contributed by atoms with Crippen LogP contribution in [-0.4, -0.2) is 13.1 Å². The minimum Gasteiger partial charge on any atom is -0.313 e. The largest absolute Gasteiger partial charge is 0.313 e. The highest BCUT2D eigenvalue weighted by Crippen LogP contribution is 2.21. The highest BCUT2D eigenvalue weighted by atomic mass is 79.9. The molecular formula is C10H14BrNS. The molecule has 1 N–H and O–H groups in total. The topological polar surface area (TPSA) is 12.0 Å². The Kier molecular flexibility index (Phi) is 4.70. The molecule has 72 valence electrons. The molecule has 0 radical (unpaired) electrons. The van der Waals surface area contributed by atoms with Gasteiger partial charge in [-0.05, 0) is 41.4 Å². The van der Waals surface area contributed by atoms with Crippen molar-refractivity contribution in [3.8, 4) is 0 Å². The van der Waals surface area contributed by atoms with E-state index in [1.807, 2.05) is 6.92 Å². The van der Waals surface area contributed by atoms with Crippen LogP contribution in [0.2, 0.25) is 0 Å². The molecule has 1 aromatic heterocycles. The van der Waals surface area contributed by atoms with E-state index in [1.54, 1.807) is 11.3 Å². The molecule has 0 amide bonds. The number of hydrogen-bond acceptors (Lipinski definition) is 2. The highest BCUT2D eigenvalue weighted by Gasteiger charge is 1.96. The van der Waals surface area contributed by atoms with Gasteiger partial charge >= 0.3 is 0 Å². The fraction of sp³-hybridized carbons (Fsp3) is 0.400. The summed E-state index contributed by atoms with van der Waals surface area (Å²) in [6.45, 7) is 7.82. The van der Waals surface area contributed by atoms with Crippen LogP contribution in [0.15, 0.2) is 28.1 Å². The lowest BCUT2D eigenvalue weighted by molar-refractivity contribution is 0.733. The van der Waals surface area contributed by atoms with E-state index >= 15 is 0 Å². The van der Waals surface area contributed by atoms with Gasteiger partial charge in [0.15, 0.2) is 0 Å². The molecule has 1 heterocycles. The number of rotatable bonds is 5. The van der Waals surface area contributed by atoms with Gasteiger partial charge in [-0.3, -0.25) is 0 Å². The lowest BCUT2D eigenvalue weighted by Gasteiger charge is -2.01. The molecule has 0 saturated carbocycles. The first-order valence-corrected chi connectivity index (χ1v) is 5.89. The predicted molar refractivity (Wildman–Crippen MR) is 63.4 cm³/mol. The summed E-state index contributed by atoms with van der Waals surface area (Å²) < 4.78 is 1.21. The molecule has 0 atom stereocenters. The minimum absolute atomic E-state index is 0.923. The summed E-state index contributed by atoms with van der Waals surface area (Å²) in [7, 11) is 0. The van der Waals surface area contributed by atoms with Crippen molar-refractivity contribution >= 4 is 27.3 Å². The Labute approximate surface area is 92.0 Å². The van der Waals surface area contributed by atoms with Crippen molar-refractivity contribution in [3.63, 3.8) is 0 Å². The average molecular weight is 260 g/mol. The summed E-state index contributed by atoms with van der Waals surface area (Å²) >= 11 is 5.25. The van der Waals surface area contributed by atoms with Crippen molar-refractivity contribution in [1.82, 2.24) is 5.32 Å². The summed E-state index contributed by atoms with van der Waals surface area (Å²) in [5.74, 6) is 0. The van der Waals surface area contributed by atoms with Crippen molar-refractivity contribution in [3.05, 3.63) is 32.9 Å². The molecule has 3 heteroatoms. The zero-order valence-corrected chi connectivity index (χ0v) is 10.2. The van der Waals surface area contributed by atoms with Gasteiger partial charge in [0.1, 0.15) is 0 Å². The molecule has 0 aliphatic rings. The zero-order chi connectivity index (χ0) is 9.68. The first kappa shape index (κ1) is 11.0. The number of thiophene rings is 1. The van der Waals surface area contributed by atoms with Crippen molar-refractivity contribution in [1.29, 1.82) is 0 Å². The lowest BCUT2D eigenvalue weighted by atomic mass is 10.3. The maximum Gasteiger partial charge on any atom is 0.0701 e. The molecule has 0 unspecified atom stereocenters. The van der Waals surface area contributed by atoms with E-state index in [0.29, 0.717) is 0 Å².